The third-order valence-corrected chi connectivity index (χ3v) is 2.50. The molecule has 0 radical (unpaired) electrons. The second kappa shape index (κ2) is 5.81. The minimum Gasteiger partial charge on any atom is -0.376 e. The molecule has 0 aromatic heterocycles. The molecule has 0 amide bonds. The van der Waals surface area contributed by atoms with Crippen molar-refractivity contribution in [2.24, 2.45) is 0 Å². The summed E-state index contributed by atoms with van der Waals surface area (Å²) in [4.78, 5) is 0. The van der Waals surface area contributed by atoms with Crippen LogP contribution in [0.4, 0.5) is 0 Å². The summed E-state index contributed by atoms with van der Waals surface area (Å²) >= 11 is 0. The van der Waals surface area contributed by atoms with E-state index in [1.807, 2.05) is 27.7 Å². The van der Waals surface area contributed by atoms with Gasteiger partial charge in [-0.25, -0.2) is 0 Å². The summed E-state index contributed by atoms with van der Waals surface area (Å²) in [5, 5.41) is 12.4. The summed E-state index contributed by atoms with van der Waals surface area (Å²) in [5.41, 5.74) is -0.697. The molecule has 0 aromatic rings. The normalized spacial score (nSPS) is 19.7. The molecule has 0 aromatic carbocycles. The van der Waals surface area contributed by atoms with E-state index in [1.54, 1.807) is 0 Å². The first-order valence-electron chi connectivity index (χ1n) is 6.25. The van der Waals surface area contributed by atoms with Gasteiger partial charge in [0.15, 0.2) is 0 Å². The molecule has 1 aliphatic carbocycles. The first kappa shape index (κ1) is 14.4. The minimum atomic E-state index is -0.567. The van der Waals surface area contributed by atoms with E-state index in [9.17, 15) is 0 Å². The Bertz CT molecular complexity index is 276. The molecule has 1 atom stereocenters. The lowest BCUT2D eigenvalue weighted by atomic mass is 10.1. The van der Waals surface area contributed by atoms with Crippen LogP contribution in [0.3, 0.4) is 0 Å². The quantitative estimate of drug-likeness (QED) is 0.690. The Morgan fingerprint density at radius 2 is 1.88 bits per heavy atom. The molecule has 1 unspecified atom stereocenters. The van der Waals surface area contributed by atoms with Crippen molar-refractivity contribution in [2.45, 2.75) is 57.7 Å². The Balaban J connectivity index is 2.13. The standard InChI is InChI=1S/C13H24N2O2/c1-12(2,3)17-8-7-16-10-13(4,9-14)15-11-5-6-11/h11,15H,5-8,10H2,1-4H3. The summed E-state index contributed by atoms with van der Waals surface area (Å²) in [7, 11) is 0. The molecule has 4 nitrogen and oxygen atoms in total. The molecular weight excluding hydrogens is 216 g/mol. The number of hydrogen-bond acceptors (Lipinski definition) is 4. The lowest BCUT2D eigenvalue weighted by Crippen LogP contribution is -2.46. The van der Waals surface area contributed by atoms with E-state index in [0.29, 0.717) is 25.9 Å². The summed E-state index contributed by atoms with van der Waals surface area (Å²) in [5.74, 6) is 0. The number of nitriles is 1. The van der Waals surface area contributed by atoms with Gasteiger partial charge in [-0.15, -0.1) is 0 Å². The third kappa shape index (κ3) is 6.62. The van der Waals surface area contributed by atoms with E-state index >= 15 is 0 Å². The van der Waals surface area contributed by atoms with Crippen LogP contribution >= 0.6 is 0 Å². The van der Waals surface area contributed by atoms with Crippen LogP contribution in [0.15, 0.2) is 0 Å². The van der Waals surface area contributed by atoms with Gasteiger partial charge in [0.1, 0.15) is 5.54 Å². The molecule has 0 aliphatic heterocycles. The molecule has 17 heavy (non-hydrogen) atoms. The van der Waals surface area contributed by atoms with E-state index in [0.717, 1.165) is 0 Å². The maximum absolute atomic E-state index is 9.12. The summed E-state index contributed by atoms with van der Waals surface area (Å²) < 4.78 is 11.0. The van der Waals surface area contributed by atoms with E-state index in [-0.39, 0.29) is 5.60 Å². The van der Waals surface area contributed by atoms with E-state index in [2.05, 4.69) is 11.4 Å². The van der Waals surface area contributed by atoms with Crippen LogP contribution in [-0.2, 0) is 9.47 Å². The van der Waals surface area contributed by atoms with Gasteiger partial charge < -0.3 is 9.47 Å². The summed E-state index contributed by atoms with van der Waals surface area (Å²) in [6.45, 7) is 9.43. The van der Waals surface area contributed by atoms with Crippen LogP contribution in [0, 0.1) is 11.3 Å². The Morgan fingerprint density at radius 3 is 2.35 bits per heavy atom. The Labute approximate surface area is 104 Å². The van der Waals surface area contributed by atoms with Gasteiger partial charge in [-0.05, 0) is 40.5 Å². The largest absolute Gasteiger partial charge is 0.376 e. The molecule has 1 aliphatic rings. The van der Waals surface area contributed by atoms with Gasteiger partial charge in [-0.3, -0.25) is 5.32 Å². The third-order valence-electron chi connectivity index (χ3n) is 2.50. The molecule has 4 heteroatoms. The van der Waals surface area contributed by atoms with Gasteiger partial charge in [0.2, 0.25) is 0 Å². The lowest BCUT2D eigenvalue weighted by Gasteiger charge is -2.24. The second-order valence-corrected chi connectivity index (χ2v) is 5.88. The van der Waals surface area contributed by atoms with Gasteiger partial charge in [0, 0.05) is 6.04 Å². The van der Waals surface area contributed by atoms with Crippen LogP contribution in [0.2, 0.25) is 0 Å². The number of ether oxygens (including phenoxy) is 2. The fourth-order valence-corrected chi connectivity index (χ4v) is 1.47. The predicted molar refractivity (Wildman–Crippen MR) is 66.7 cm³/mol. The Kier molecular flexibility index (Phi) is 4.93. The van der Waals surface area contributed by atoms with Crippen molar-refractivity contribution < 1.29 is 9.47 Å². The second-order valence-electron chi connectivity index (χ2n) is 5.88. The average molecular weight is 240 g/mol. The van der Waals surface area contributed by atoms with Crippen LogP contribution in [0.25, 0.3) is 0 Å². The van der Waals surface area contributed by atoms with Crippen LogP contribution in [0.1, 0.15) is 40.5 Å². The first-order chi connectivity index (χ1) is 7.85. The summed E-state index contributed by atoms with van der Waals surface area (Å²) in [6.07, 6.45) is 2.34. The molecule has 0 bridgehead atoms. The van der Waals surface area contributed by atoms with Crippen molar-refractivity contribution in [1.29, 1.82) is 5.26 Å². The molecule has 0 heterocycles. The smallest absolute Gasteiger partial charge is 0.127 e. The van der Waals surface area contributed by atoms with E-state index in [1.165, 1.54) is 12.8 Å². The molecule has 0 saturated heterocycles. The number of rotatable bonds is 7. The fraction of sp³-hybridized carbons (Fsp3) is 0.923. The molecule has 1 saturated carbocycles. The highest BCUT2D eigenvalue weighted by Crippen LogP contribution is 2.22. The van der Waals surface area contributed by atoms with Gasteiger partial charge >= 0.3 is 0 Å². The van der Waals surface area contributed by atoms with Crippen molar-refractivity contribution in [2.75, 3.05) is 19.8 Å². The van der Waals surface area contributed by atoms with Crippen LogP contribution in [0.5, 0.6) is 0 Å². The molecule has 98 valence electrons. The maximum atomic E-state index is 9.12. The van der Waals surface area contributed by atoms with Crippen molar-refractivity contribution in [3.63, 3.8) is 0 Å². The van der Waals surface area contributed by atoms with Gasteiger partial charge in [0.25, 0.3) is 0 Å². The zero-order valence-corrected chi connectivity index (χ0v) is 11.4. The van der Waals surface area contributed by atoms with Gasteiger partial charge in [0.05, 0.1) is 31.5 Å². The first-order valence-corrected chi connectivity index (χ1v) is 6.25. The van der Waals surface area contributed by atoms with E-state index < -0.39 is 5.54 Å². The molecule has 1 N–H and O–H groups in total. The Morgan fingerprint density at radius 1 is 1.24 bits per heavy atom. The lowest BCUT2D eigenvalue weighted by molar-refractivity contribution is -0.0395. The highest BCUT2D eigenvalue weighted by Gasteiger charge is 2.32. The highest BCUT2D eigenvalue weighted by molar-refractivity contribution is 5.07. The van der Waals surface area contributed by atoms with E-state index in [4.69, 9.17) is 14.7 Å². The van der Waals surface area contributed by atoms with Crippen molar-refractivity contribution in [3.05, 3.63) is 0 Å². The minimum absolute atomic E-state index is 0.131. The number of hydrogen-bond donors (Lipinski definition) is 1. The fourth-order valence-electron chi connectivity index (χ4n) is 1.47. The van der Waals surface area contributed by atoms with Crippen molar-refractivity contribution in [1.82, 2.24) is 5.32 Å². The molecular formula is C13H24N2O2. The van der Waals surface area contributed by atoms with Gasteiger partial charge in [-0.2, -0.15) is 5.26 Å². The number of nitrogens with zero attached hydrogens (tertiary/aromatic N) is 1. The zero-order chi connectivity index (χ0) is 12.9. The average Bonchev–Trinajstić information content (AvgIpc) is 2.99. The molecule has 1 rings (SSSR count). The molecule has 1 fully saturated rings. The maximum Gasteiger partial charge on any atom is 0.127 e. The summed E-state index contributed by atoms with van der Waals surface area (Å²) in [6, 6.07) is 2.79. The monoisotopic (exact) mass is 240 g/mol. The topological polar surface area (TPSA) is 54.3 Å². The van der Waals surface area contributed by atoms with Crippen LogP contribution in [-0.4, -0.2) is 37.0 Å². The molecule has 0 spiro atoms. The SMILES string of the molecule is CC(C#N)(COCCOC(C)(C)C)NC1CC1. The van der Waals surface area contributed by atoms with Gasteiger partial charge in [-0.1, -0.05) is 0 Å². The Hall–Kier alpha value is -0.630. The number of nitrogens with one attached hydrogen (secondary N) is 1. The highest BCUT2D eigenvalue weighted by atomic mass is 16.5. The van der Waals surface area contributed by atoms with Crippen molar-refractivity contribution >= 4 is 0 Å². The van der Waals surface area contributed by atoms with Crippen molar-refractivity contribution in [3.8, 4) is 6.07 Å². The van der Waals surface area contributed by atoms with Crippen LogP contribution < -0.4 is 5.32 Å². The predicted octanol–water partition coefficient (Wildman–Crippen LogP) is 1.85. The zero-order valence-electron chi connectivity index (χ0n) is 11.4.